The zero-order chi connectivity index (χ0) is 41.4. The van der Waals surface area contributed by atoms with Crippen molar-refractivity contribution < 1.29 is 8.83 Å². The Morgan fingerprint density at radius 3 is 1.27 bits per heavy atom. The van der Waals surface area contributed by atoms with Crippen LogP contribution in [0, 0.1) is 0 Å². The van der Waals surface area contributed by atoms with Crippen LogP contribution < -0.4 is 0 Å². The van der Waals surface area contributed by atoms with E-state index in [0.29, 0.717) is 0 Å². The number of furan rings is 2. The monoisotopic (exact) mass is 808 g/mol. The molecule has 2 aliphatic carbocycles. The average Bonchev–Trinajstić information content (AvgIpc) is 4.16. The molecule has 2 heterocycles. The molecular formula is C62H32O2. The van der Waals surface area contributed by atoms with Crippen molar-refractivity contribution in [1.82, 2.24) is 0 Å². The predicted molar refractivity (Wildman–Crippen MR) is 268 cm³/mol. The van der Waals surface area contributed by atoms with Gasteiger partial charge >= 0.3 is 0 Å². The molecule has 14 aromatic rings. The van der Waals surface area contributed by atoms with Gasteiger partial charge in [-0.2, -0.15) is 0 Å². The second-order valence-electron chi connectivity index (χ2n) is 17.8. The molecule has 2 aliphatic rings. The molecule has 0 saturated carbocycles. The zero-order valence-corrected chi connectivity index (χ0v) is 34.3. The SMILES string of the molecule is c1cc(-c2c3c(cc4c2ccc2c5cc6c(c(-c7cccc8ccoc78)c5ccc42)-c2cc4ccccc4c4cccc-6c24)-c2cc4ccccc4c4cccc-3c24)c2occc2c1. The molecule has 12 aromatic carbocycles. The number of hydrogen-bond acceptors (Lipinski definition) is 2. The Labute approximate surface area is 365 Å². The van der Waals surface area contributed by atoms with Crippen molar-refractivity contribution in [3.05, 3.63) is 195 Å². The molecule has 0 unspecified atom stereocenters. The van der Waals surface area contributed by atoms with Crippen molar-refractivity contribution in [2.24, 2.45) is 0 Å². The van der Waals surface area contributed by atoms with E-state index >= 15 is 0 Å². The highest BCUT2D eigenvalue weighted by atomic mass is 16.3. The highest BCUT2D eigenvalue weighted by Crippen LogP contribution is 2.59. The van der Waals surface area contributed by atoms with Gasteiger partial charge in [-0.1, -0.05) is 146 Å². The van der Waals surface area contributed by atoms with Crippen molar-refractivity contribution in [1.29, 1.82) is 0 Å². The summed E-state index contributed by atoms with van der Waals surface area (Å²) in [5, 5.41) is 19.9. The van der Waals surface area contributed by atoms with Gasteiger partial charge in [-0.05, 0) is 156 Å². The van der Waals surface area contributed by atoms with Crippen LogP contribution in [0.15, 0.2) is 203 Å². The Kier molecular flexibility index (Phi) is 6.08. The van der Waals surface area contributed by atoms with Crippen molar-refractivity contribution in [3.8, 4) is 66.8 Å². The van der Waals surface area contributed by atoms with Gasteiger partial charge in [-0.3, -0.25) is 0 Å². The molecule has 0 fully saturated rings. The van der Waals surface area contributed by atoms with E-state index in [2.05, 4.69) is 182 Å². The molecule has 0 N–H and O–H groups in total. The fourth-order valence-corrected chi connectivity index (χ4v) is 12.3. The van der Waals surface area contributed by atoms with Gasteiger partial charge in [0, 0.05) is 33.0 Å². The Balaban J connectivity index is 1.07. The molecule has 2 aromatic heterocycles. The first-order valence-corrected chi connectivity index (χ1v) is 22.1. The van der Waals surface area contributed by atoms with Gasteiger partial charge in [0.1, 0.15) is 11.2 Å². The molecule has 0 spiro atoms. The lowest BCUT2D eigenvalue weighted by molar-refractivity contribution is 0.616. The highest BCUT2D eigenvalue weighted by Gasteiger charge is 2.32. The normalized spacial score (nSPS) is 12.7. The largest absolute Gasteiger partial charge is 0.464 e. The average molecular weight is 809 g/mol. The first kappa shape index (κ1) is 33.2. The number of fused-ring (bicyclic) bond motifs is 17. The summed E-state index contributed by atoms with van der Waals surface area (Å²) in [7, 11) is 0. The van der Waals surface area contributed by atoms with Crippen LogP contribution in [-0.4, -0.2) is 0 Å². The Morgan fingerprint density at radius 2 is 0.656 bits per heavy atom. The van der Waals surface area contributed by atoms with E-state index in [4.69, 9.17) is 8.83 Å². The molecule has 0 radical (unpaired) electrons. The summed E-state index contributed by atoms with van der Waals surface area (Å²) in [6.07, 6.45) is 3.65. The standard InChI is InChI=1S/C62H32O2/c1-3-13-37-35(9-1)29-51-53-32-50-40-22-24-45-49(39(40)21-23-44(50)57(47-19-5-11-33-25-27-63-61(33)47)59(53)46-18-8-16-42(37)56(46)51)31-52-43-17-7-15-41-38-14-4-2-10-36(38)30-54(55(41)43)60(52)58(45)48-20-6-12-34-26-28-64-62(34)48/h1-32H. The van der Waals surface area contributed by atoms with E-state index in [0.717, 1.165) is 33.1 Å². The fraction of sp³-hybridized carbons (Fsp3) is 0. The van der Waals surface area contributed by atoms with Gasteiger partial charge in [0.2, 0.25) is 0 Å². The van der Waals surface area contributed by atoms with Crippen LogP contribution in [0.1, 0.15) is 0 Å². The maximum Gasteiger partial charge on any atom is 0.141 e. The van der Waals surface area contributed by atoms with E-state index in [1.165, 1.54) is 131 Å². The van der Waals surface area contributed by atoms with Crippen LogP contribution in [0.5, 0.6) is 0 Å². The number of rotatable bonds is 2. The fourth-order valence-electron chi connectivity index (χ4n) is 12.3. The van der Waals surface area contributed by atoms with Crippen molar-refractivity contribution in [2.45, 2.75) is 0 Å². The smallest absolute Gasteiger partial charge is 0.141 e. The molecule has 0 bridgehead atoms. The van der Waals surface area contributed by atoms with Crippen LogP contribution >= 0.6 is 0 Å². The summed E-state index contributed by atoms with van der Waals surface area (Å²) in [5.41, 5.74) is 16.7. The summed E-state index contributed by atoms with van der Waals surface area (Å²) in [6, 6.07) is 68.0. The quantitative estimate of drug-likeness (QED) is 0.163. The third-order valence-electron chi connectivity index (χ3n) is 14.8. The molecule has 2 heteroatoms. The molecule has 16 rings (SSSR count). The van der Waals surface area contributed by atoms with Crippen LogP contribution in [0.3, 0.4) is 0 Å². The first-order valence-electron chi connectivity index (χ1n) is 22.1. The topological polar surface area (TPSA) is 26.3 Å². The van der Waals surface area contributed by atoms with Crippen LogP contribution in [0.25, 0.3) is 164 Å². The second kappa shape index (κ2) is 11.7. The third kappa shape index (κ3) is 4.03. The van der Waals surface area contributed by atoms with Gasteiger partial charge in [-0.25, -0.2) is 0 Å². The first-order chi connectivity index (χ1) is 31.8. The van der Waals surface area contributed by atoms with Gasteiger partial charge in [0.25, 0.3) is 0 Å². The van der Waals surface area contributed by atoms with Gasteiger partial charge in [0.15, 0.2) is 0 Å². The number of hydrogen-bond donors (Lipinski definition) is 0. The molecule has 2 nitrogen and oxygen atoms in total. The molecule has 292 valence electrons. The van der Waals surface area contributed by atoms with E-state index in [1.807, 2.05) is 12.5 Å². The second-order valence-corrected chi connectivity index (χ2v) is 17.8. The summed E-state index contributed by atoms with van der Waals surface area (Å²) < 4.78 is 12.7. The van der Waals surface area contributed by atoms with E-state index in [-0.39, 0.29) is 0 Å². The van der Waals surface area contributed by atoms with E-state index < -0.39 is 0 Å². The highest BCUT2D eigenvalue weighted by molar-refractivity contribution is 6.33. The minimum absolute atomic E-state index is 0.914. The van der Waals surface area contributed by atoms with E-state index in [1.54, 1.807) is 0 Å². The van der Waals surface area contributed by atoms with Crippen LogP contribution in [-0.2, 0) is 0 Å². The lowest BCUT2D eigenvalue weighted by atomic mass is 9.83. The van der Waals surface area contributed by atoms with Gasteiger partial charge in [-0.15, -0.1) is 0 Å². The maximum atomic E-state index is 6.37. The van der Waals surface area contributed by atoms with Crippen molar-refractivity contribution in [3.63, 3.8) is 0 Å². The number of para-hydroxylation sites is 2. The third-order valence-corrected chi connectivity index (χ3v) is 14.8. The lowest BCUT2D eigenvalue weighted by Crippen LogP contribution is -1.93. The maximum absolute atomic E-state index is 6.37. The molecule has 0 saturated heterocycles. The Bertz CT molecular complexity index is 4480. The molecule has 0 aliphatic heterocycles. The van der Waals surface area contributed by atoms with Crippen LogP contribution in [0.4, 0.5) is 0 Å². The summed E-state index contributed by atoms with van der Waals surface area (Å²) in [4.78, 5) is 0. The van der Waals surface area contributed by atoms with Crippen LogP contribution in [0.2, 0.25) is 0 Å². The molecule has 0 atom stereocenters. The lowest BCUT2D eigenvalue weighted by Gasteiger charge is -2.19. The predicted octanol–water partition coefficient (Wildman–Crippen LogP) is 17.9. The summed E-state index contributed by atoms with van der Waals surface area (Å²) in [6.45, 7) is 0. The van der Waals surface area contributed by atoms with Crippen molar-refractivity contribution >= 4 is 97.3 Å². The van der Waals surface area contributed by atoms with Gasteiger partial charge < -0.3 is 8.83 Å². The van der Waals surface area contributed by atoms with E-state index in [9.17, 15) is 0 Å². The Morgan fingerprint density at radius 1 is 0.219 bits per heavy atom. The van der Waals surface area contributed by atoms with Crippen molar-refractivity contribution in [2.75, 3.05) is 0 Å². The molecular weight excluding hydrogens is 777 g/mol. The summed E-state index contributed by atoms with van der Waals surface area (Å²) in [5.74, 6) is 0. The van der Waals surface area contributed by atoms with Gasteiger partial charge in [0.05, 0.1) is 12.5 Å². The number of benzene rings is 12. The molecule has 64 heavy (non-hydrogen) atoms. The zero-order valence-electron chi connectivity index (χ0n) is 34.3. The molecule has 0 amide bonds. The minimum Gasteiger partial charge on any atom is -0.464 e. The Hall–Kier alpha value is -8.46. The minimum atomic E-state index is 0.914. The summed E-state index contributed by atoms with van der Waals surface area (Å²) >= 11 is 0.